The molecule has 0 aliphatic heterocycles. The molecule has 0 saturated heterocycles. The number of phenols is 1. The van der Waals surface area contributed by atoms with Gasteiger partial charge < -0.3 is 19.3 Å². The molecule has 264 valence electrons. The Hall–Kier alpha value is -3.92. The molecular weight excluding hydrogens is 604 g/mol. The van der Waals surface area contributed by atoms with Crippen LogP contribution in [0, 0.1) is 62.3 Å². The molecule has 1 N–H and O–H groups in total. The van der Waals surface area contributed by atoms with Gasteiger partial charge in [-0.25, -0.2) is 0 Å². The summed E-state index contributed by atoms with van der Waals surface area (Å²) in [4.78, 5) is 0. The van der Waals surface area contributed by atoms with Crippen LogP contribution in [-0.4, -0.2) is 21.9 Å². The van der Waals surface area contributed by atoms with Gasteiger partial charge in [0.1, 0.15) is 39.8 Å². The summed E-state index contributed by atoms with van der Waals surface area (Å²) in [6.07, 6.45) is 1.76. The second-order valence-corrected chi connectivity index (χ2v) is 16.2. The zero-order chi connectivity index (χ0) is 36.6. The molecule has 0 aromatic heterocycles. The van der Waals surface area contributed by atoms with Crippen LogP contribution in [0.4, 0.5) is 0 Å². The molecule has 49 heavy (non-hydrogen) atoms. The van der Waals surface area contributed by atoms with Crippen LogP contribution < -0.4 is 14.2 Å². The highest BCUT2D eigenvalue weighted by atomic mass is 16.5. The molecule has 0 spiro atoms. The van der Waals surface area contributed by atoms with E-state index < -0.39 is 16.8 Å². The van der Waals surface area contributed by atoms with E-state index in [-0.39, 0.29) is 5.75 Å². The molecular formula is C45H60O4. The van der Waals surface area contributed by atoms with E-state index in [9.17, 15) is 5.11 Å². The summed E-state index contributed by atoms with van der Waals surface area (Å²) in [5.74, 6) is 2.94. The summed E-state index contributed by atoms with van der Waals surface area (Å²) < 4.78 is 20.3. The second-order valence-electron chi connectivity index (χ2n) is 16.2. The van der Waals surface area contributed by atoms with Crippen LogP contribution in [0.3, 0.4) is 0 Å². The van der Waals surface area contributed by atoms with Gasteiger partial charge in [-0.15, -0.1) is 0 Å². The quantitative estimate of drug-likeness (QED) is 0.164. The fourth-order valence-electron chi connectivity index (χ4n) is 6.75. The number of hydrogen-bond donors (Lipinski definition) is 1. The van der Waals surface area contributed by atoms with Gasteiger partial charge in [0, 0.05) is 24.8 Å². The Balaban J connectivity index is 1.77. The van der Waals surface area contributed by atoms with Gasteiger partial charge in [0.05, 0.1) is 0 Å². The van der Waals surface area contributed by atoms with E-state index in [0.29, 0.717) is 19.3 Å². The number of rotatable bonds is 12. The zero-order valence-electron chi connectivity index (χ0n) is 32.9. The average molecular weight is 665 g/mol. The van der Waals surface area contributed by atoms with E-state index in [1.165, 1.54) is 38.9 Å². The third-order valence-corrected chi connectivity index (χ3v) is 10.5. The Labute approximate surface area is 296 Å². The van der Waals surface area contributed by atoms with Crippen molar-refractivity contribution in [2.24, 2.45) is 0 Å². The van der Waals surface area contributed by atoms with E-state index in [2.05, 4.69) is 146 Å². The third kappa shape index (κ3) is 8.82. The van der Waals surface area contributed by atoms with E-state index in [1.807, 2.05) is 6.07 Å². The largest absolute Gasteiger partial charge is 0.508 e. The van der Waals surface area contributed by atoms with E-state index in [4.69, 9.17) is 14.2 Å². The predicted octanol–water partition coefficient (Wildman–Crippen LogP) is 11.4. The van der Waals surface area contributed by atoms with Crippen LogP contribution in [0.5, 0.6) is 23.0 Å². The lowest BCUT2D eigenvalue weighted by atomic mass is 9.82. The predicted molar refractivity (Wildman–Crippen MR) is 205 cm³/mol. The first-order valence-corrected chi connectivity index (χ1v) is 17.7. The van der Waals surface area contributed by atoms with Crippen LogP contribution in [0.15, 0.2) is 48.5 Å². The summed E-state index contributed by atoms with van der Waals surface area (Å²) in [6, 6.07) is 16.5. The van der Waals surface area contributed by atoms with Gasteiger partial charge >= 0.3 is 0 Å². The number of aryl methyl sites for hydroxylation is 3. The van der Waals surface area contributed by atoms with Gasteiger partial charge in [-0.1, -0.05) is 24.3 Å². The minimum atomic E-state index is -0.602. The van der Waals surface area contributed by atoms with Crippen molar-refractivity contribution in [3.63, 3.8) is 0 Å². The number of hydrogen-bond acceptors (Lipinski definition) is 4. The Kier molecular flexibility index (Phi) is 10.9. The maximum Gasteiger partial charge on any atom is 0.123 e. The Morgan fingerprint density at radius 3 is 1.10 bits per heavy atom. The standard InChI is InChI=1S/C45H60O4/c1-27-16-21-40(33(7)30(27)4)47-43(10,11)24-36-19-20-39(46)38(26-45(14,15)49-42-23-18-29(3)32(6)35(42)9)37(36)25-44(12,13)48-41-22-17-28(2)31(5)34(41)8/h16-23,46H,24-26H2,1-15H3. The molecule has 4 heteroatoms. The van der Waals surface area contributed by atoms with Crippen LogP contribution in [-0.2, 0) is 19.3 Å². The minimum Gasteiger partial charge on any atom is -0.508 e. The van der Waals surface area contributed by atoms with Gasteiger partial charge in [0.15, 0.2) is 0 Å². The van der Waals surface area contributed by atoms with E-state index in [1.54, 1.807) is 0 Å². The van der Waals surface area contributed by atoms with Crippen LogP contribution >= 0.6 is 0 Å². The molecule has 4 aromatic carbocycles. The molecule has 4 rings (SSSR count). The second kappa shape index (κ2) is 14.1. The highest BCUT2D eigenvalue weighted by Gasteiger charge is 2.32. The van der Waals surface area contributed by atoms with E-state index in [0.717, 1.165) is 45.1 Å². The lowest BCUT2D eigenvalue weighted by Gasteiger charge is -2.34. The molecule has 0 aliphatic carbocycles. The molecule has 4 aromatic rings. The summed E-state index contributed by atoms with van der Waals surface area (Å²) in [6.45, 7) is 32.0. The molecule has 0 radical (unpaired) electrons. The summed E-state index contributed by atoms with van der Waals surface area (Å²) in [7, 11) is 0. The summed E-state index contributed by atoms with van der Waals surface area (Å²) in [5, 5.41) is 11.6. The molecule has 0 fully saturated rings. The van der Waals surface area contributed by atoms with Crippen LogP contribution in [0.2, 0.25) is 0 Å². The van der Waals surface area contributed by atoms with Gasteiger partial charge in [0.2, 0.25) is 0 Å². The maximum absolute atomic E-state index is 11.6. The molecule has 0 heterocycles. The SMILES string of the molecule is Cc1ccc(OC(C)(C)Cc2ccc(O)c(CC(C)(C)Oc3ccc(C)c(C)c3C)c2CC(C)(C)Oc2ccc(C)c(C)c2C)c(C)c1C. The molecule has 0 aliphatic rings. The van der Waals surface area contributed by atoms with Gasteiger partial charge in [-0.2, -0.15) is 0 Å². The monoisotopic (exact) mass is 664 g/mol. The van der Waals surface area contributed by atoms with Gasteiger partial charge in [-0.05, 0) is 189 Å². The van der Waals surface area contributed by atoms with Gasteiger partial charge in [0.25, 0.3) is 0 Å². The smallest absolute Gasteiger partial charge is 0.123 e. The highest BCUT2D eigenvalue weighted by molar-refractivity contribution is 5.49. The first-order valence-electron chi connectivity index (χ1n) is 17.7. The Morgan fingerprint density at radius 1 is 0.408 bits per heavy atom. The molecule has 4 nitrogen and oxygen atoms in total. The Morgan fingerprint density at radius 2 is 0.735 bits per heavy atom. The van der Waals surface area contributed by atoms with Crippen LogP contribution in [0.25, 0.3) is 0 Å². The maximum atomic E-state index is 11.6. The van der Waals surface area contributed by atoms with Crippen molar-refractivity contribution in [3.05, 3.63) is 115 Å². The molecule has 0 amide bonds. The first-order chi connectivity index (χ1) is 22.6. The van der Waals surface area contributed by atoms with Crippen LogP contribution in [0.1, 0.15) is 108 Å². The van der Waals surface area contributed by atoms with Crippen molar-refractivity contribution < 1.29 is 19.3 Å². The van der Waals surface area contributed by atoms with Crippen molar-refractivity contribution >= 4 is 0 Å². The fourth-order valence-corrected chi connectivity index (χ4v) is 6.75. The van der Waals surface area contributed by atoms with Crippen molar-refractivity contribution in [1.82, 2.24) is 0 Å². The number of benzene rings is 4. The Bertz CT molecular complexity index is 1840. The molecule has 0 unspecified atom stereocenters. The van der Waals surface area contributed by atoms with E-state index >= 15 is 0 Å². The first kappa shape index (κ1) is 37.9. The van der Waals surface area contributed by atoms with Gasteiger partial charge in [-0.3, -0.25) is 0 Å². The molecule has 0 saturated carbocycles. The van der Waals surface area contributed by atoms with Crippen molar-refractivity contribution in [2.45, 2.75) is 140 Å². The fraction of sp³-hybridized carbons (Fsp3) is 0.467. The molecule has 0 atom stereocenters. The lowest BCUT2D eigenvalue weighted by molar-refractivity contribution is 0.0982. The number of ether oxygens (including phenoxy) is 3. The minimum absolute atomic E-state index is 0.272. The molecule has 0 bridgehead atoms. The highest BCUT2D eigenvalue weighted by Crippen LogP contribution is 2.38. The number of phenolic OH excluding ortho intramolecular Hbond substituents is 1. The summed E-state index contributed by atoms with van der Waals surface area (Å²) in [5.41, 5.74) is 12.4. The topological polar surface area (TPSA) is 47.9 Å². The average Bonchev–Trinajstić information content (AvgIpc) is 3.01. The van der Waals surface area contributed by atoms with Crippen molar-refractivity contribution in [2.75, 3.05) is 0 Å². The van der Waals surface area contributed by atoms with Crippen molar-refractivity contribution in [3.8, 4) is 23.0 Å². The van der Waals surface area contributed by atoms with Crippen molar-refractivity contribution in [1.29, 1.82) is 0 Å². The normalized spacial score (nSPS) is 12.3. The third-order valence-electron chi connectivity index (χ3n) is 10.5. The summed E-state index contributed by atoms with van der Waals surface area (Å²) >= 11 is 0. The lowest BCUT2D eigenvalue weighted by Crippen LogP contribution is -2.36. The zero-order valence-corrected chi connectivity index (χ0v) is 32.9. The number of aromatic hydroxyl groups is 1.